The molecule has 7 heteroatoms. The van der Waals surface area contributed by atoms with Crippen LogP contribution >= 0.6 is 11.6 Å². The van der Waals surface area contributed by atoms with Gasteiger partial charge in [-0.1, -0.05) is 18.0 Å². The number of methoxy groups -OCH3 is 1. The lowest BCUT2D eigenvalue weighted by molar-refractivity contribution is -0.137. The van der Waals surface area contributed by atoms with Crippen LogP contribution in [-0.2, 0) is 14.3 Å². The first-order valence-corrected chi connectivity index (χ1v) is 7.22. The van der Waals surface area contributed by atoms with Crippen LogP contribution in [0.2, 0.25) is 5.15 Å². The molecule has 0 fully saturated rings. The number of rotatable bonds is 10. The van der Waals surface area contributed by atoms with E-state index in [2.05, 4.69) is 4.98 Å². The summed E-state index contributed by atoms with van der Waals surface area (Å²) in [6.07, 6.45) is 2.58. The van der Waals surface area contributed by atoms with Crippen LogP contribution in [0.1, 0.15) is 36.0 Å². The van der Waals surface area contributed by atoms with Crippen LogP contribution in [-0.4, -0.2) is 41.3 Å². The van der Waals surface area contributed by atoms with Crippen LogP contribution in [0.5, 0.6) is 0 Å². The third-order valence-corrected chi connectivity index (χ3v) is 3.34. The number of pyridine rings is 1. The number of ether oxygens (including phenoxy) is 1. The molecule has 0 aliphatic rings. The van der Waals surface area contributed by atoms with E-state index in [1.54, 1.807) is 0 Å². The molecule has 0 spiro atoms. The van der Waals surface area contributed by atoms with Crippen molar-refractivity contribution in [2.75, 3.05) is 13.7 Å². The summed E-state index contributed by atoms with van der Waals surface area (Å²) in [6, 6.07) is 2.91. The first kappa shape index (κ1) is 18.3. The highest BCUT2D eigenvalue weighted by Gasteiger charge is 2.27. The fraction of sp³-hybridized carbons (Fsp3) is 0.467. The summed E-state index contributed by atoms with van der Waals surface area (Å²) in [4.78, 5) is 38.8. The molecule has 1 aromatic heterocycles. The van der Waals surface area contributed by atoms with Crippen LogP contribution in [0.3, 0.4) is 0 Å². The normalized spacial score (nSPS) is 11.9. The van der Waals surface area contributed by atoms with E-state index in [1.807, 2.05) is 0 Å². The van der Waals surface area contributed by atoms with E-state index in [0.29, 0.717) is 18.4 Å². The van der Waals surface area contributed by atoms with Crippen molar-refractivity contribution in [3.63, 3.8) is 0 Å². The molecule has 1 heterocycles. The van der Waals surface area contributed by atoms with Crippen LogP contribution in [0.15, 0.2) is 18.3 Å². The van der Waals surface area contributed by atoms with Crippen LogP contribution < -0.4 is 0 Å². The van der Waals surface area contributed by atoms with Crippen LogP contribution in [0.4, 0.5) is 0 Å². The molecule has 0 saturated carbocycles. The van der Waals surface area contributed by atoms with E-state index >= 15 is 0 Å². The predicted octanol–water partition coefficient (Wildman–Crippen LogP) is 2.39. The monoisotopic (exact) mass is 327 g/mol. The van der Waals surface area contributed by atoms with E-state index in [0.717, 1.165) is 0 Å². The molecule has 0 bridgehead atoms. The molecule has 6 nitrogen and oxygen atoms in total. The third kappa shape index (κ3) is 5.91. The molecular weight excluding hydrogens is 310 g/mol. The summed E-state index contributed by atoms with van der Waals surface area (Å²) in [5.41, 5.74) is 0.313. The second-order valence-corrected chi connectivity index (χ2v) is 5.21. The molecule has 0 amide bonds. The number of halogens is 1. The lowest BCUT2D eigenvalue weighted by atomic mass is 9.89. The van der Waals surface area contributed by atoms with Crippen molar-refractivity contribution in [3.05, 3.63) is 29.0 Å². The molecule has 0 aliphatic carbocycles. The SMILES string of the molecule is COCC(=O)C(CCCCC(=O)O)C(=O)c1ccnc(Cl)c1. The van der Waals surface area contributed by atoms with E-state index in [-0.39, 0.29) is 36.2 Å². The maximum Gasteiger partial charge on any atom is 0.303 e. The number of carboxylic acid groups (broad SMARTS) is 1. The van der Waals surface area contributed by atoms with Crippen molar-refractivity contribution in [2.24, 2.45) is 5.92 Å². The average molecular weight is 328 g/mol. The summed E-state index contributed by atoms with van der Waals surface area (Å²) < 4.78 is 4.80. The third-order valence-electron chi connectivity index (χ3n) is 3.14. The number of aromatic nitrogens is 1. The summed E-state index contributed by atoms with van der Waals surface area (Å²) >= 11 is 5.76. The number of carboxylic acids is 1. The second kappa shape index (κ2) is 9.27. The summed E-state index contributed by atoms with van der Waals surface area (Å²) in [5, 5.41) is 8.79. The van der Waals surface area contributed by atoms with Gasteiger partial charge in [0.1, 0.15) is 11.8 Å². The summed E-state index contributed by atoms with van der Waals surface area (Å²) in [5.74, 6) is -2.42. The minimum absolute atomic E-state index is 0.0143. The summed E-state index contributed by atoms with van der Waals surface area (Å²) in [7, 11) is 1.38. The standard InChI is InChI=1S/C15H18ClNO5/c1-22-9-12(18)11(4-2-3-5-14(19)20)15(21)10-6-7-17-13(16)8-10/h6-8,11H,2-5,9H2,1H3,(H,19,20). The fourth-order valence-corrected chi connectivity index (χ4v) is 2.24. The fourth-order valence-electron chi connectivity index (χ4n) is 2.06. The number of unbranched alkanes of at least 4 members (excludes halogenated alkanes) is 1. The molecule has 120 valence electrons. The predicted molar refractivity (Wildman–Crippen MR) is 80.1 cm³/mol. The highest BCUT2D eigenvalue weighted by Crippen LogP contribution is 2.19. The van der Waals surface area contributed by atoms with Gasteiger partial charge in [0.05, 0.1) is 5.92 Å². The van der Waals surface area contributed by atoms with Gasteiger partial charge in [0, 0.05) is 25.3 Å². The van der Waals surface area contributed by atoms with Gasteiger partial charge in [0.15, 0.2) is 11.6 Å². The van der Waals surface area contributed by atoms with Crippen molar-refractivity contribution in [1.29, 1.82) is 0 Å². The molecule has 1 atom stereocenters. The Kier molecular flexibility index (Phi) is 7.70. The van der Waals surface area contributed by atoms with Gasteiger partial charge in [-0.25, -0.2) is 4.98 Å². The van der Waals surface area contributed by atoms with E-state index in [1.165, 1.54) is 25.4 Å². The Bertz CT molecular complexity index is 546. The molecule has 0 radical (unpaired) electrons. The van der Waals surface area contributed by atoms with Gasteiger partial charge in [-0.3, -0.25) is 14.4 Å². The molecule has 22 heavy (non-hydrogen) atoms. The summed E-state index contributed by atoms with van der Waals surface area (Å²) in [6.45, 7) is -0.159. The molecule has 0 aliphatic heterocycles. The van der Waals surface area contributed by atoms with Crippen LogP contribution in [0, 0.1) is 5.92 Å². The largest absolute Gasteiger partial charge is 0.481 e. The first-order valence-electron chi connectivity index (χ1n) is 6.85. The zero-order valence-electron chi connectivity index (χ0n) is 12.3. The average Bonchev–Trinajstić information content (AvgIpc) is 2.46. The zero-order valence-corrected chi connectivity index (χ0v) is 13.0. The molecule has 1 aromatic rings. The number of aliphatic carboxylic acids is 1. The zero-order chi connectivity index (χ0) is 16.5. The Labute approximate surface area is 133 Å². The quantitative estimate of drug-likeness (QED) is 0.307. The Balaban J connectivity index is 2.78. The van der Waals surface area contributed by atoms with Gasteiger partial charge < -0.3 is 9.84 Å². The Morgan fingerprint density at radius 3 is 2.68 bits per heavy atom. The van der Waals surface area contributed by atoms with Crippen molar-refractivity contribution in [3.8, 4) is 0 Å². The second-order valence-electron chi connectivity index (χ2n) is 4.82. The molecule has 0 saturated heterocycles. The maximum atomic E-state index is 12.5. The van der Waals surface area contributed by atoms with Gasteiger partial charge in [-0.15, -0.1) is 0 Å². The lowest BCUT2D eigenvalue weighted by Gasteiger charge is -2.14. The number of nitrogens with zero attached hydrogens (tertiary/aromatic N) is 1. The minimum Gasteiger partial charge on any atom is -0.481 e. The van der Waals surface area contributed by atoms with E-state index < -0.39 is 11.9 Å². The van der Waals surface area contributed by atoms with Gasteiger partial charge in [-0.2, -0.15) is 0 Å². The van der Waals surface area contributed by atoms with Crippen LogP contribution in [0.25, 0.3) is 0 Å². The number of hydrogen-bond donors (Lipinski definition) is 1. The Morgan fingerprint density at radius 2 is 2.09 bits per heavy atom. The van der Waals surface area contributed by atoms with E-state index in [9.17, 15) is 14.4 Å². The number of Topliss-reactive ketones (excluding diaryl/α,β-unsaturated/α-hetero) is 2. The van der Waals surface area contributed by atoms with Crippen molar-refractivity contribution < 1.29 is 24.2 Å². The van der Waals surface area contributed by atoms with E-state index in [4.69, 9.17) is 21.4 Å². The van der Waals surface area contributed by atoms with Crippen molar-refractivity contribution in [1.82, 2.24) is 4.98 Å². The molecule has 0 aromatic carbocycles. The molecule has 1 N–H and O–H groups in total. The lowest BCUT2D eigenvalue weighted by Crippen LogP contribution is -2.27. The van der Waals surface area contributed by atoms with Gasteiger partial charge in [-0.05, 0) is 25.0 Å². The molecule has 1 unspecified atom stereocenters. The topological polar surface area (TPSA) is 93.6 Å². The highest BCUT2D eigenvalue weighted by molar-refractivity contribution is 6.29. The smallest absolute Gasteiger partial charge is 0.303 e. The molecular formula is C15H18ClNO5. The van der Waals surface area contributed by atoms with Crippen molar-refractivity contribution >= 4 is 29.1 Å². The Morgan fingerprint density at radius 1 is 1.36 bits per heavy atom. The maximum absolute atomic E-state index is 12.5. The number of ketones is 2. The van der Waals surface area contributed by atoms with Gasteiger partial charge in [0.2, 0.25) is 0 Å². The molecule has 1 rings (SSSR count). The first-order chi connectivity index (χ1) is 10.5. The highest BCUT2D eigenvalue weighted by atomic mass is 35.5. The number of carbonyl (C=O) groups excluding carboxylic acids is 2. The number of hydrogen-bond acceptors (Lipinski definition) is 5. The minimum atomic E-state index is -0.896. The Hall–Kier alpha value is -1.79. The van der Waals surface area contributed by atoms with Gasteiger partial charge in [0.25, 0.3) is 0 Å². The van der Waals surface area contributed by atoms with Gasteiger partial charge >= 0.3 is 5.97 Å². The van der Waals surface area contributed by atoms with Crippen molar-refractivity contribution in [2.45, 2.75) is 25.7 Å². The number of carbonyl (C=O) groups is 3.